The van der Waals surface area contributed by atoms with Gasteiger partial charge in [-0.25, -0.2) is 4.79 Å². The van der Waals surface area contributed by atoms with Crippen LogP contribution >= 0.6 is 0 Å². The molecule has 2 aromatic rings. The minimum absolute atomic E-state index is 0.208. The molecule has 2 aliphatic carbocycles. The average Bonchev–Trinajstić information content (AvgIpc) is 3.47. The molecule has 2 aromatic heterocycles. The average molecular weight is 392 g/mol. The molecule has 0 aromatic carbocycles. The quantitative estimate of drug-likeness (QED) is 0.833. The van der Waals surface area contributed by atoms with Crippen LogP contribution in [0.25, 0.3) is 0 Å². The van der Waals surface area contributed by atoms with Gasteiger partial charge in [0.05, 0.1) is 0 Å². The van der Waals surface area contributed by atoms with Crippen LogP contribution in [0.4, 0.5) is 10.6 Å². The van der Waals surface area contributed by atoms with Crippen LogP contribution in [0.5, 0.6) is 0 Å². The van der Waals surface area contributed by atoms with E-state index in [1.165, 1.54) is 25.7 Å². The highest BCUT2D eigenvalue weighted by Gasteiger charge is 2.39. The number of rotatable bonds is 4. The first-order valence-corrected chi connectivity index (χ1v) is 10.3. The SMILES string of the molecule is O=C(NCC1CC2CCC1C2)c1ccc(NC(=O)N2Cc3ccncc3C2)nn1. The van der Waals surface area contributed by atoms with Crippen molar-refractivity contribution in [2.24, 2.45) is 17.8 Å². The van der Waals surface area contributed by atoms with E-state index >= 15 is 0 Å². The lowest BCUT2D eigenvalue weighted by molar-refractivity contribution is 0.0936. The van der Waals surface area contributed by atoms with Gasteiger partial charge in [-0.3, -0.25) is 15.1 Å². The predicted molar refractivity (Wildman–Crippen MR) is 106 cm³/mol. The zero-order valence-corrected chi connectivity index (χ0v) is 16.2. The van der Waals surface area contributed by atoms with Gasteiger partial charge in [-0.05, 0) is 66.3 Å². The van der Waals surface area contributed by atoms with Crippen LogP contribution < -0.4 is 10.6 Å². The summed E-state index contributed by atoms with van der Waals surface area (Å²) in [5, 5.41) is 13.7. The van der Waals surface area contributed by atoms with Crippen LogP contribution in [0.15, 0.2) is 30.6 Å². The minimum Gasteiger partial charge on any atom is -0.350 e. The second-order valence-corrected chi connectivity index (χ2v) is 8.38. The molecule has 0 spiro atoms. The molecule has 3 heterocycles. The summed E-state index contributed by atoms with van der Waals surface area (Å²) in [7, 11) is 0. The molecule has 0 saturated heterocycles. The zero-order chi connectivity index (χ0) is 19.8. The molecule has 29 heavy (non-hydrogen) atoms. The maximum absolute atomic E-state index is 12.5. The monoisotopic (exact) mass is 392 g/mol. The van der Waals surface area contributed by atoms with Crippen molar-refractivity contribution in [2.75, 3.05) is 11.9 Å². The maximum atomic E-state index is 12.5. The molecule has 2 fully saturated rings. The van der Waals surface area contributed by atoms with Gasteiger partial charge in [-0.2, -0.15) is 0 Å². The van der Waals surface area contributed by atoms with Gasteiger partial charge in [0.15, 0.2) is 11.5 Å². The van der Waals surface area contributed by atoms with Crippen LogP contribution in [0, 0.1) is 17.8 Å². The number of carbonyl (C=O) groups excluding carboxylic acids is 2. The molecule has 3 aliphatic rings. The largest absolute Gasteiger partial charge is 0.350 e. The van der Waals surface area contributed by atoms with E-state index in [9.17, 15) is 9.59 Å². The van der Waals surface area contributed by atoms with Crippen LogP contribution in [0.1, 0.15) is 47.3 Å². The third-order valence-corrected chi connectivity index (χ3v) is 6.56. The van der Waals surface area contributed by atoms with Gasteiger partial charge >= 0.3 is 6.03 Å². The number of aromatic nitrogens is 3. The van der Waals surface area contributed by atoms with E-state index in [2.05, 4.69) is 25.8 Å². The standard InChI is InChI=1S/C21H24N6O2/c28-20(23-10-16-8-13-1-2-14(16)7-13)18-3-4-19(26-25-18)24-21(29)27-11-15-5-6-22-9-17(15)12-27/h3-6,9,13-14,16H,1-2,7-8,10-12H2,(H,23,28)(H,24,26,29). The Balaban J connectivity index is 1.13. The summed E-state index contributed by atoms with van der Waals surface area (Å²) in [5.41, 5.74) is 2.42. The highest BCUT2D eigenvalue weighted by Crippen LogP contribution is 2.47. The van der Waals surface area contributed by atoms with Crippen molar-refractivity contribution in [1.82, 2.24) is 25.4 Å². The topological polar surface area (TPSA) is 100 Å². The van der Waals surface area contributed by atoms with Crippen LogP contribution in [-0.4, -0.2) is 38.6 Å². The summed E-state index contributed by atoms with van der Waals surface area (Å²) in [5.74, 6) is 2.36. The Bertz CT molecular complexity index is 906. The Morgan fingerprint density at radius 1 is 1.07 bits per heavy atom. The zero-order valence-electron chi connectivity index (χ0n) is 16.2. The molecule has 2 saturated carbocycles. The first kappa shape index (κ1) is 18.0. The van der Waals surface area contributed by atoms with Crippen molar-refractivity contribution in [3.05, 3.63) is 47.4 Å². The van der Waals surface area contributed by atoms with E-state index < -0.39 is 0 Å². The molecular formula is C21H24N6O2. The molecule has 150 valence electrons. The second-order valence-electron chi connectivity index (χ2n) is 8.38. The van der Waals surface area contributed by atoms with Gasteiger partial charge in [0.2, 0.25) is 0 Å². The highest BCUT2D eigenvalue weighted by atomic mass is 16.2. The number of carbonyl (C=O) groups is 2. The summed E-state index contributed by atoms with van der Waals surface area (Å²) < 4.78 is 0. The van der Waals surface area contributed by atoms with E-state index in [1.807, 2.05) is 6.07 Å². The second kappa shape index (κ2) is 7.42. The lowest BCUT2D eigenvalue weighted by Crippen LogP contribution is -2.32. The van der Waals surface area contributed by atoms with Gasteiger partial charge in [0.25, 0.3) is 5.91 Å². The lowest BCUT2D eigenvalue weighted by atomic mass is 9.89. The Kier molecular flexibility index (Phi) is 4.61. The first-order chi connectivity index (χ1) is 14.2. The summed E-state index contributed by atoms with van der Waals surface area (Å²) in [6, 6.07) is 4.89. The van der Waals surface area contributed by atoms with Crippen molar-refractivity contribution < 1.29 is 9.59 Å². The van der Waals surface area contributed by atoms with Crippen molar-refractivity contribution in [3.63, 3.8) is 0 Å². The first-order valence-electron chi connectivity index (χ1n) is 10.3. The smallest absolute Gasteiger partial charge is 0.323 e. The Morgan fingerprint density at radius 2 is 1.97 bits per heavy atom. The molecule has 1 aliphatic heterocycles. The Labute approximate surface area is 169 Å². The van der Waals surface area contributed by atoms with Gasteiger partial charge in [0.1, 0.15) is 0 Å². The number of nitrogens with zero attached hydrogens (tertiary/aromatic N) is 4. The van der Waals surface area contributed by atoms with Gasteiger partial charge in [-0.1, -0.05) is 6.42 Å². The third kappa shape index (κ3) is 3.66. The number of hydrogen-bond donors (Lipinski definition) is 2. The highest BCUT2D eigenvalue weighted by molar-refractivity contribution is 5.93. The van der Waals surface area contributed by atoms with Crippen LogP contribution in [0.3, 0.4) is 0 Å². The van der Waals surface area contributed by atoms with Crippen LogP contribution in [0.2, 0.25) is 0 Å². The summed E-state index contributed by atoms with van der Waals surface area (Å²) in [6.45, 7) is 1.77. The van der Waals surface area contributed by atoms with E-state index in [0.29, 0.717) is 31.4 Å². The molecular weight excluding hydrogens is 368 g/mol. The molecule has 0 radical (unpaired) electrons. The fourth-order valence-electron chi connectivity index (χ4n) is 5.01. The number of anilines is 1. The summed E-state index contributed by atoms with van der Waals surface area (Å²) in [6.07, 6.45) is 8.73. The van der Waals surface area contributed by atoms with E-state index in [4.69, 9.17) is 0 Å². The van der Waals surface area contributed by atoms with Crippen molar-refractivity contribution in [3.8, 4) is 0 Å². The normalized spacial score (nSPS) is 24.4. The fourth-order valence-corrected chi connectivity index (χ4v) is 5.01. The molecule has 3 amide bonds. The predicted octanol–water partition coefficient (Wildman–Crippen LogP) is 2.59. The summed E-state index contributed by atoms with van der Waals surface area (Å²) >= 11 is 0. The fraction of sp³-hybridized carbons (Fsp3) is 0.476. The Morgan fingerprint density at radius 3 is 2.69 bits per heavy atom. The number of amides is 3. The third-order valence-electron chi connectivity index (χ3n) is 6.56. The number of nitrogens with one attached hydrogen (secondary N) is 2. The van der Waals surface area contributed by atoms with Gasteiger partial charge < -0.3 is 10.2 Å². The minimum atomic E-state index is -0.246. The summed E-state index contributed by atoms with van der Waals surface area (Å²) in [4.78, 5) is 30.6. The molecule has 5 rings (SSSR count). The number of pyridine rings is 1. The molecule has 8 heteroatoms. The lowest BCUT2D eigenvalue weighted by Gasteiger charge is -2.21. The molecule has 3 unspecified atom stereocenters. The van der Waals surface area contributed by atoms with Gasteiger partial charge in [-0.15, -0.1) is 10.2 Å². The molecule has 3 atom stereocenters. The van der Waals surface area contributed by atoms with E-state index in [1.54, 1.807) is 29.4 Å². The molecule has 2 bridgehead atoms. The van der Waals surface area contributed by atoms with Crippen molar-refractivity contribution >= 4 is 17.8 Å². The Hall–Kier alpha value is -3.03. The number of fused-ring (bicyclic) bond motifs is 3. The van der Waals surface area contributed by atoms with E-state index in [0.717, 1.165) is 23.0 Å². The number of urea groups is 1. The number of hydrogen-bond acceptors (Lipinski definition) is 5. The van der Waals surface area contributed by atoms with Crippen molar-refractivity contribution in [1.29, 1.82) is 0 Å². The van der Waals surface area contributed by atoms with Gasteiger partial charge in [0, 0.05) is 32.0 Å². The van der Waals surface area contributed by atoms with E-state index in [-0.39, 0.29) is 17.6 Å². The maximum Gasteiger partial charge on any atom is 0.323 e. The molecule has 2 N–H and O–H groups in total. The molecule has 8 nitrogen and oxygen atoms in total. The van der Waals surface area contributed by atoms with Crippen LogP contribution in [-0.2, 0) is 13.1 Å². The van der Waals surface area contributed by atoms with Crippen molar-refractivity contribution in [2.45, 2.75) is 38.8 Å².